The van der Waals surface area contributed by atoms with Crippen LogP contribution >= 0.6 is 22.7 Å². The van der Waals surface area contributed by atoms with Gasteiger partial charge in [0.1, 0.15) is 0 Å². The summed E-state index contributed by atoms with van der Waals surface area (Å²) in [5.41, 5.74) is 15.3. The zero-order valence-corrected chi connectivity index (χ0v) is 32.4. The summed E-state index contributed by atoms with van der Waals surface area (Å²) in [7, 11) is 0. The van der Waals surface area contributed by atoms with Crippen molar-refractivity contribution in [1.82, 2.24) is 9.97 Å². The molecule has 0 bridgehead atoms. The Labute approximate surface area is 333 Å². The Morgan fingerprint density at radius 3 is 1.95 bits per heavy atom. The summed E-state index contributed by atoms with van der Waals surface area (Å²) >= 11 is 3.67. The summed E-state index contributed by atoms with van der Waals surface area (Å²) in [5, 5.41) is 3.76. The lowest BCUT2D eigenvalue weighted by Gasteiger charge is -2.36. The second kappa shape index (κ2) is 12.5. The summed E-state index contributed by atoms with van der Waals surface area (Å²) < 4.78 is 4.94. The maximum absolute atomic E-state index is 5.42. The number of aromatic nitrogens is 2. The van der Waals surface area contributed by atoms with E-state index in [2.05, 4.69) is 158 Å². The Hall–Kier alpha value is -5.94. The van der Waals surface area contributed by atoms with Gasteiger partial charge in [-0.25, -0.2) is 9.97 Å². The van der Waals surface area contributed by atoms with Crippen LogP contribution in [0.1, 0.15) is 43.2 Å². The number of benzene rings is 7. The van der Waals surface area contributed by atoms with Crippen LogP contribution in [-0.2, 0) is 5.41 Å². The van der Waals surface area contributed by atoms with E-state index in [1.807, 2.05) is 11.3 Å². The molecule has 0 unspecified atom stereocenters. The molecule has 4 heteroatoms. The zero-order chi connectivity index (χ0) is 36.8. The summed E-state index contributed by atoms with van der Waals surface area (Å²) in [6, 6.07) is 58.2. The lowest BCUT2D eigenvalue weighted by Crippen LogP contribution is -2.28. The minimum absolute atomic E-state index is 0.145. The van der Waals surface area contributed by atoms with E-state index in [-0.39, 0.29) is 5.41 Å². The average Bonchev–Trinajstić information content (AvgIpc) is 3.92. The van der Waals surface area contributed by atoms with Crippen LogP contribution in [0.2, 0.25) is 0 Å². The SMILES string of the molecule is c1ccc(-c2ccc(-c3nc(-c4cccc5c4sc4ccc(-c6ccc7c(c6)C6(CCCCC6)c6ccccc6-7)cc45)c4sc5ccccc5c4n3)cc2)cc1. The van der Waals surface area contributed by atoms with Gasteiger partial charge in [0, 0.05) is 46.8 Å². The van der Waals surface area contributed by atoms with Gasteiger partial charge in [-0.1, -0.05) is 153 Å². The van der Waals surface area contributed by atoms with E-state index in [9.17, 15) is 0 Å². The largest absolute Gasteiger partial charge is 0.226 e. The van der Waals surface area contributed by atoms with E-state index in [1.165, 1.54) is 107 Å². The van der Waals surface area contributed by atoms with E-state index in [1.54, 1.807) is 16.9 Å². The third-order valence-corrected chi connectivity index (χ3v) is 14.9. The third kappa shape index (κ3) is 4.86. The van der Waals surface area contributed by atoms with Gasteiger partial charge in [0.25, 0.3) is 0 Å². The molecule has 12 rings (SSSR count). The maximum Gasteiger partial charge on any atom is 0.160 e. The first kappa shape index (κ1) is 32.3. The van der Waals surface area contributed by atoms with Crippen LogP contribution in [0.5, 0.6) is 0 Å². The average molecular weight is 753 g/mol. The van der Waals surface area contributed by atoms with Crippen molar-refractivity contribution in [1.29, 1.82) is 0 Å². The monoisotopic (exact) mass is 752 g/mol. The molecule has 1 spiro atoms. The van der Waals surface area contributed by atoms with Gasteiger partial charge < -0.3 is 0 Å². The Bertz CT molecular complexity index is 3160. The summed E-state index contributed by atoms with van der Waals surface area (Å²) in [6.07, 6.45) is 6.43. The van der Waals surface area contributed by atoms with Gasteiger partial charge in [0.05, 0.1) is 15.9 Å². The molecule has 0 amide bonds. The van der Waals surface area contributed by atoms with E-state index >= 15 is 0 Å². The van der Waals surface area contributed by atoms with Crippen LogP contribution in [0, 0.1) is 0 Å². The van der Waals surface area contributed by atoms with Gasteiger partial charge in [-0.2, -0.15) is 0 Å². The van der Waals surface area contributed by atoms with Crippen LogP contribution in [0.4, 0.5) is 0 Å². The van der Waals surface area contributed by atoms with Crippen molar-refractivity contribution in [2.45, 2.75) is 37.5 Å². The van der Waals surface area contributed by atoms with Gasteiger partial charge in [-0.05, 0) is 81.6 Å². The minimum atomic E-state index is 0.145. The first-order chi connectivity index (χ1) is 27.7. The molecule has 56 heavy (non-hydrogen) atoms. The molecule has 0 radical (unpaired) electrons. The Kier molecular flexibility index (Phi) is 7.24. The molecule has 0 aliphatic heterocycles. The molecule has 266 valence electrons. The molecular weight excluding hydrogens is 717 g/mol. The molecular formula is C52H36N2S2. The van der Waals surface area contributed by atoms with E-state index in [4.69, 9.17) is 9.97 Å². The molecule has 3 aromatic heterocycles. The standard InChI is InChI=1S/C52H36N2S2/c1-3-12-32(13-4-1)33-20-22-34(23-21-33)51-53-47-40-15-6-8-19-45(40)56-50(47)48(54-51)41-17-11-16-39-42-30-35(25-27-46(42)55-49(39)41)36-24-26-38-37-14-5-7-18-43(37)52(44(38)31-36)28-9-2-10-29-52/h1,3-8,11-27,30-31H,2,9-10,28-29H2. The molecule has 1 fully saturated rings. The second-order valence-corrected chi connectivity index (χ2v) is 17.7. The second-order valence-electron chi connectivity index (χ2n) is 15.6. The van der Waals surface area contributed by atoms with E-state index in [0.29, 0.717) is 0 Å². The fourth-order valence-electron chi connectivity index (χ4n) is 9.84. The van der Waals surface area contributed by atoms with Crippen molar-refractivity contribution in [2.24, 2.45) is 0 Å². The molecule has 0 saturated heterocycles. The van der Waals surface area contributed by atoms with Gasteiger partial charge in [0.15, 0.2) is 5.82 Å². The molecule has 7 aromatic carbocycles. The lowest BCUT2D eigenvalue weighted by atomic mass is 9.67. The number of nitrogens with zero attached hydrogens (tertiary/aromatic N) is 2. The first-order valence-corrected chi connectivity index (χ1v) is 21.4. The Morgan fingerprint density at radius 1 is 0.411 bits per heavy atom. The van der Waals surface area contributed by atoms with Crippen LogP contribution in [0.25, 0.3) is 96.5 Å². The van der Waals surface area contributed by atoms with Crippen LogP contribution < -0.4 is 0 Å². The number of hydrogen-bond acceptors (Lipinski definition) is 4. The smallest absolute Gasteiger partial charge is 0.160 e. The van der Waals surface area contributed by atoms with Crippen LogP contribution in [-0.4, -0.2) is 9.97 Å². The lowest BCUT2D eigenvalue weighted by molar-refractivity contribution is 0.353. The number of thiophene rings is 2. The molecule has 0 N–H and O–H groups in total. The van der Waals surface area contributed by atoms with Crippen molar-refractivity contribution in [3.63, 3.8) is 0 Å². The van der Waals surface area contributed by atoms with Crippen molar-refractivity contribution in [3.8, 4) is 56.0 Å². The van der Waals surface area contributed by atoms with Gasteiger partial charge in [0.2, 0.25) is 0 Å². The molecule has 2 nitrogen and oxygen atoms in total. The Morgan fingerprint density at radius 2 is 1.05 bits per heavy atom. The fourth-order valence-corrected chi connectivity index (χ4v) is 12.2. The quantitative estimate of drug-likeness (QED) is 0.179. The van der Waals surface area contributed by atoms with E-state index in [0.717, 1.165) is 27.3 Å². The summed E-state index contributed by atoms with van der Waals surface area (Å²) in [6.45, 7) is 0. The topological polar surface area (TPSA) is 25.8 Å². The first-order valence-electron chi connectivity index (χ1n) is 19.8. The van der Waals surface area contributed by atoms with Crippen molar-refractivity contribution in [2.75, 3.05) is 0 Å². The van der Waals surface area contributed by atoms with Gasteiger partial charge >= 0.3 is 0 Å². The zero-order valence-electron chi connectivity index (χ0n) is 30.8. The normalized spacial score (nSPS) is 14.6. The fraction of sp³-hybridized carbons (Fsp3) is 0.115. The van der Waals surface area contributed by atoms with Gasteiger partial charge in [-0.3, -0.25) is 0 Å². The number of rotatable bonds is 4. The molecule has 2 aliphatic carbocycles. The van der Waals surface area contributed by atoms with Crippen LogP contribution in [0.15, 0.2) is 158 Å². The third-order valence-electron chi connectivity index (χ3n) is 12.5. The molecule has 10 aromatic rings. The van der Waals surface area contributed by atoms with E-state index < -0.39 is 0 Å². The summed E-state index contributed by atoms with van der Waals surface area (Å²) in [4.78, 5) is 10.7. The highest BCUT2D eigenvalue weighted by Gasteiger charge is 2.43. The Balaban J connectivity index is 1.00. The summed E-state index contributed by atoms with van der Waals surface area (Å²) in [5.74, 6) is 0.755. The molecule has 1 saturated carbocycles. The molecule has 0 atom stereocenters. The van der Waals surface area contributed by atoms with Crippen LogP contribution in [0.3, 0.4) is 0 Å². The molecule has 2 aliphatic rings. The van der Waals surface area contributed by atoms with Crippen molar-refractivity contribution >= 4 is 63.1 Å². The highest BCUT2D eigenvalue weighted by atomic mass is 32.1. The highest BCUT2D eigenvalue weighted by molar-refractivity contribution is 7.27. The number of fused-ring (bicyclic) bond motifs is 11. The van der Waals surface area contributed by atoms with Crippen molar-refractivity contribution < 1.29 is 0 Å². The predicted molar refractivity (Wildman–Crippen MR) is 239 cm³/mol. The van der Waals surface area contributed by atoms with Crippen molar-refractivity contribution in [3.05, 3.63) is 169 Å². The number of hydrogen-bond donors (Lipinski definition) is 0. The maximum atomic E-state index is 5.42. The van der Waals surface area contributed by atoms with Gasteiger partial charge in [-0.15, -0.1) is 22.7 Å². The molecule has 3 heterocycles. The predicted octanol–water partition coefficient (Wildman–Crippen LogP) is 15.1. The minimum Gasteiger partial charge on any atom is -0.226 e. The highest BCUT2D eigenvalue weighted by Crippen LogP contribution is 2.56.